The highest BCUT2D eigenvalue weighted by Gasteiger charge is 2.14. The zero-order valence-corrected chi connectivity index (χ0v) is 13.4. The maximum absolute atomic E-state index is 10.3. The molecule has 1 N–H and O–H groups in total. The maximum atomic E-state index is 10.3. The SMILES string of the molecule is COc1ccc(C(O)CSc2ccc(Cl)cc2)c(OC)c1. The first kappa shape index (κ1) is 16.0. The highest BCUT2D eigenvalue weighted by molar-refractivity contribution is 7.99. The Morgan fingerprint density at radius 2 is 1.81 bits per heavy atom. The summed E-state index contributed by atoms with van der Waals surface area (Å²) in [4.78, 5) is 1.06. The monoisotopic (exact) mass is 324 g/mol. The molecule has 0 bridgehead atoms. The van der Waals surface area contributed by atoms with Gasteiger partial charge in [0.05, 0.1) is 20.3 Å². The lowest BCUT2D eigenvalue weighted by Gasteiger charge is -2.15. The molecule has 0 spiro atoms. The van der Waals surface area contributed by atoms with Crippen LogP contribution in [0.3, 0.4) is 0 Å². The lowest BCUT2D eigenvalue weighted by molar-refractivity contribution is 0.199. The van der Waals surface area contributed by atoms with Crippen molar-refractivity contribution in [3.05, 3.63) is 53.1 Å². The molecule has 0 fully saturated rings. The number of benzene rings is 2. The van der Waals surface area contributed by atoms with Gasteiger partial charge >= 0.3 is 0 Å². The normalized spacial score (nSPS) is 12.0. The fourth-order valence-corrected chi connectivity index (χ4v) is 2.87. The van der Waals surface area contributed by atoms with Gasteiger partial charge in [-0.05, 0) is 36.4 Å². The number of aliphatic hydroxyl groups is 1. The summed E-state index contributed by atoms with van der Waals surface area (Å²) < 4.78 is 10.5. The van der Waals surface area contributed by atoms with Crippen molar-refractivity contribution >= 4 is 23.4 Å². The van der Waals surface area contributed by atoms with Gasteiger partial charge in [0.2, 0.25) is 0 Å². The first-order valence-corrected chi connectivity index (χ1v) is 7.78. The van der Waals surface area contributed by atoms with Gasteiger partial charge in [-0.3, -0.25) is 0 Å². The smallest absolute Gasteiger partial charge is 0.128 e. The van der Waals surface area contributed by atoms with E-state index in [4.69, 9.17) is 21.1 Å². The van der Waals surface area contributed by atoms with Gasteiger partial charge in [-0.25, -0.2) is 0 Å². The number of thioether (sulfide) groups is 1. The fraction of sp³-hybridized carbons (Fsp3) is 0.250. The summed E-state index contributed by atoms with van der Waals surface area (Å²) in [7, 11) is 3.18. The molecule has 0 saturated heterocycles. The van der Waals surface area contributed by atoms with Gasteiger partial charge in [0, 0.05) is 27.3 Å². The molecule has 0 aliphatic rings. The van der Waals surface area contributed by atoms with Crippen LogP contribution in [-0.4, -0.2) is 25.1 Å². The first-order valence-electron chi connectivity index (χ1n) is 6.42. The standard InChI is InChI=1S/C16H17ClO3S/c1-19-12-5-8-14(16(9-12)20-2)15(18)10-21-13-6-3-11(17)4-7-13/h3-9,15,18H,10H2,1-2H3. The van der Waals surface area contributed by atoms with Crippen molar-refractivity contribution in [2.45, 2.75) is 11.0 Å². The molecule has 5 heteroatoms. The molecule has 3 nitrogen and oxygen atoms in total. The van der Waals surface area contributed by atoms with Crippen LogP contribution in [0.25, 0.3) is 0 Å². The van der Waals surface area contributed by atoms with Gasteiger partial charge < -0.3 is 14.6 Å². The Morgan fingerprint density at radius 1 is 1.10 bits per heavy atom. The molecule has 0 aliphatic carbocycles. The lowest BCUT2D eigenvalue weighted by Crippen LogP contribution is -2.03. The van der Waals surface area contributed by atoms with E-state index in [-0.39, 0.29) is 0 Å². The Morgan fingerprint density at radius 3 is 2.43 bits per heavy atom. The number of rotatable bonds is 6. The van der Waals surface area contributed by atoms with E-state index in [0.717, 1.165) is 10.5 Å². The molecule has 21 heavy (non-hydrogen) atoms. The molecular formula is C16H17ClO3S. The predicted octanol–water partition coefficient (Wildman–Crippen LogP) is 4.18. The van der Waals surface area contributed by atoms with Crippen molar-refractivity contribution in [3.63, 3.8) is 0 Å². The number of ether oxygens (including phenoxy) is 2. The Labute approximate surface area is 133 Å². The Balaban J connectivity index is 2.05. The number of aliphatic hydroxyl groups excluding tert-OH is 1. The summed E-state index contributed by atoms with van der Waals surface area (Å²) in [6.07, 6.45) is -0.619. The van der Waals surface area contributed by atoms with Gasteiger partial charge in [0.25, 0.3) is 0 Å². The Bertz CT molecular complexity index is 587. The van der Waals surface area contributed by atoms with Crippen LogP contribution >= 0.6 is 23.4 Å². The quantitative estimate of drug-likeness (QED) is 0.809. The molecule has 0 aromatic heterocycles. The van der Waals surface area contributed by atoms with Crippen molar-refractivity contribution in [2.75, 3.05) is 20.0 Å². The van der Waals surface area contributed by atoms with Crippen LogP contribution in [0.1, 0.15) is 11.7 Å². The summed E-state index contributed by atoms with van der Waals surface area (Å²) in [5.41, 5.74) is 0.750. The van der Waals surface area contributed by atoms with E-state index in [9.17, 15) is 5.11 Å². The molecule has 1 atom stereocenters. The molecule has 0 amide bonds. The molecule has 112 valence electrons. The summed E-state index contributed by atoms with van der Waals surface area (Å²) in [6.45, 7) is 0. The lowest BCUT2D eigenvalue weighted by atomic mass is 10.1. The van der Waals surface area contributed by atoms with Gasteiger partial charge in [-0.2, -0.15) is 0 Å². The van der Waals surface area contributed by atoms with Crippen molar-refractivity contribution < 1.29 is 14.6 Å². The van der Waals surface area contributed by atoms with Crippen LogP contribution in [0.15, 0.2) is 47.4 Å². The van der Waals surface area contributed by atoms with E-state index in [2.05, 4.69) is 0 Å². The molecule has 2 aromatic rings. The third-order valence-electron chi connectivity index (χ3n) is 3.02. The maximum Gasteiger partial charge on any atom is 0.128 e. The molecule has 0 heterocycles. The van der Waals surface area contributed by atoms with Crippen LogP contribution in [0.2, 0.25) is 5.02 Å². The summed E-state index contributed by atoms with van der Waals surface area (Å²) in [5, 5.41) is 11.0. The van der Waals surface area contributed by atoms with Crippen LogP contribution in [0.5, 0.6) is 11.5 Å². The second-order valence-corrected chi connectivity index (χ2v) is 5.92. The number of hydrogen-bond acceptors (Lipinski definition) is 4. The number of methoxy groups -OCH3 is 2. The number of halogens is 1. The number of hydrogen-bond donors (Lipinski definition) is 1. The van der Waals surface area contributed by atoms with E-state index in [0.29, 0.717) is 22.3 Å². The van der Waals surface area contributed by atoms with E-state index >= 15 is 0 Å². The van der Waals surface area contributed by atoms with Gasteiger partial charge in [-0.1, -0.05) is 11.6 Å². The third kappa shape index (κ3) is 4.30. The van der Waals surface area contributed by atoms with Crippen molar-refractivity contribution in [1.29, 1.82) is 0 Å². The molecule has 0 radical (unpaired) electrons. The van der Waals surface area contributed by atoms with Crippen molar-refractivity contribution in [3.8, 4) is 11.5 Å². The van der Waals surface area contributed by atoms with Crippen LogP contribution in [-0.2, 0) is 0 Å². The average Bonchev–Trinajstić information content (AvgIpc) is 2.53. The average molecular weight is 325 g/mol. The van der Waals surface area contributed by atoms with E-state index < -0.39 is 6.10 Å². The van der Waals surface area contributed by atoms with Crippen LogP contribution in [0, 0.1) is 0 Å². The highest BCUT2D eigenvalue weighted by atomic mass is 35.5. The summed E-state index contributed by atoms with van der Waals surface area (Å²) in [5.74, 6) is 1.86. The van der Waals surface area contributed by atoms with Crippen molar-refractivity contribution in [1.82, 2.24) is 0 Å². The summed E-state index contributed by atoms with van der Waals surface area (Å²) >= 11 is 7.42. The molecular weight excluding hydrogens is 308 g/mol. The van der Waals surface area contributed by atoms with Crippen LogP contribution in [0.4, 0.5) is 0 Å². The van der Waals surface area contributed by atoms with Gasteiger partial charge in [0.1, 0.15) is 11.5 Å². The fourth-order valence-electron chi connectivity index (χ4n) is 1.89. The third-order valence-corrected chi connectivity index (χ3v) is 4.36. The van der Waals surface area contributed by atoms with Crippen LogP contribution < -0.4 is 9.47 Å². The molecule has 0 saturated carbocycles. The second-order valence-electron chi connectivity index (χ2n) is 4.39. The second kappa shape index (κ2) is 7.59. The minimum absolute atomic E-state index is 0.532. The van der Waals surface area contributed by atoms with Crippen molar-refractivity contribution in [2.24, 2.45) is 0 Å². The Hall–Kier alpha value is -1.36. The molecule has 2 rings (SSSR count). The highest BCUT2D eigenvalue weighted by Crippen LogP contribution is 2.32. The first-order chi connectivity index (χ1) is 10.1. The largest absolute Gasteiger partial charge is 0.497 e. The van der Waals surface area contributed by atoms with Gasteiger partial charge in [0.15, 0.2) is 0 Å². The van der Waals surface area contributed by atoms with E-state index in [1.807, 2.05) is 36.4 Å². The van der Waals surface area contributed by atoms with E-state index in [1.165, 1.54) is 0 Å². The molecule has 1 unspecified atom stereocenters. The molecule has 0 aliphatic heterocycles. The zero-order chi connectivity index (χ0) is 15.2. The topological polar surface area (TPSA) is 38.7 Å². The summed E-state index contributed by atoms with van der Waals surface area (Å²) in [6, 6.07) is 13.0. The minimum Gasteiger partial charge on any atom is -0.497 e. The molecule has 2 aromatic carbocycles. The minimum atomic E-state index is -0.619. The van der Waals surface area contributed by atoms with Gasteiger partial charge in [-0.15, -0.1) is 11.8 Å². The predicted molar refractivity (Wildman–Crippen MR) is 86.7 cm³/mol. The Kier molecular flexibility index (Phi) is 5.79. The zero-order valence-electron chi connectivity index (χ0n) is 11.9. The van der Waals surface area contributed by atoms with E-state index in [1.54, 1.807) is 32.0 Å².